The third kappa shape index (κ3) is 6.00. The van der Waals surface area contributed by atoms with Crippen LogP contribution in [0.5, 0.6) is 5.88 Å². The van der Waals surface area contributed by atoms with Crippen molar-refractivity contribution < 1.29 is 23.8 Å². The summed E-state index contributed by atoms with van der Waals surface area (Å²) in [5.74, 6) is -0.154. The first kappa shape index (κ1) is 24.0. The van der Waals surface area contributed by atoms with Crippen molar-refractivity contribution in [2.75, 3.05) is 6.61 Å². The summed E-state index contributed by atoms with van der Waals surface area (Å²) in [5.41, 5.74) is 3.72. The van der Waals surface area contributed by atoms with Crippen LogP contribution in [0.3, 0.4) is 0 Å². The van der Waals surface area contributed by atoms with E-state index < -0.39 is 5.60 Å². The van der Waals surface area contributed by atoms with E-state index in [9.17, 15) is 9.59 Å². The molecule has 174 valence electrons. The molecule has 0 fully saturated rings. The van der Waals surface area contributed by atoms with Crippen LogP contribution in [0.4, 0.5) is 0 Å². The Morgan fingerprint density at radius 3 is 2.30 bits per heavy atom. The van der Waals surface area contributed by atoms with E-state index in [1.807, 2.05) is 52.8 Å². The Bertz CT molecular complexity index is 1140. The van der Waals surface area contributed by atoms with Crippen LogP contribution < -0.4 is 4.74 Å². The average Bonchev–Trinajstić information content (AvgIpc) is 3.05. The number of carbonyl (C=O) groups is 2. The summed E-state index contributed by atoms with van der Waals surface area (Å²) < 4.78 is 18.3. The summed E-state index contributed by atoms with van der Waals surface area (Å²) in [4.78, 5) is 24.4. The molecule has 0 amide bonds. The standard InChI is InChI=1S/C26H30N2O5/c1-7-31-24(29)21-9-8-10-22(15-21)28-23(17(2)18(3)27-28)32-16-19-11-13-20(14-12-19)25(30)33-26(4,5)6/h8-15H,7,16H2,1-6H3. The van der Waals surface area contributed by atoms with E-state index >= 15 is 0 Å². The molecule has 0 aliphatic carbocycles. The first-order valence-electron chi connectivity index (χ1n) is 10.9. The molecule has 0 aliphatic rings. The molecular formula is C26H30N2O5. The molecule has 0 bridgehead atoms. The minimum absolute atomic E-state index is 0.290. The van der Waals surface area contributed by atoms with Gasteiger partial charge in [-0.15, -0.1) is 0 Å². The van der Waals surface area contributed by atoms with E-state index in [0.717, 1.165) is 16.8 Å². The maximum atomic E-state index is 12.2. The number of nitrogens with zero attached hydrogens (tertiary/aromatic N) is 2. The van der Waals surface area contributed by atoms with Crippen LogP contribution in [-0.4, -0.2) is 33.9 Å². The molecule has 7 heteroatoms. The highest BCUT2D eigenvalue weighted by Gasteiger charge is 2.19. The van der Waals surface area contributed by atoms with Crippen molar-refractivity contribution in [3.63, 3.8) is 0 Å². The maximum absolute atomic E-state index is 12.2. The molecule has 2 aromatic carbocycles. The van der Waals surface area contributed by atoms with E-state index in [1.54, 1.807) is 41.9 Å². The van der Waals surface area contributed by atoms with Crippen LogP contribution in [0.15, 0.2) is 48.5 Å². The maximum Gasteiger partial charge on any atom is 0.338 e. The topological polar surface area (TPSA) is 79.7 Å². The van der Waals surface area contributed by atoms with Crippen molar-refractivity contribution in [1.29, 1.82) is 0 Å². The fourth-order valence-corrected chi connectivity index (χ4v) is 3.13. The van der Waals surface area contributed by atoms with Crippen LogP contribution in [-0.2, 0) is 16.1 Å². The molecule has 0 aliphatic heterocycles. The van der Waals surface area contributed by atoms with Gasteiger partial charge in [-0.3, -0.25) is 0 Å². The van der Waals surface area contributed by atoms with Crippen LogP contribution in [0.1, 0.15) is 65.2 Å². The van der Waals surface area contributed by atoms with Gasteiger partial charge in [0.15, 0.2) is 0 Å². The molecule has 0 atom stereocenters. The van der Waals surface area contributed by atoms with Gasteiger partial charge in [-0.05, 0) is 77.4 Å². The van der Waals surface area contributed by atoms with Gasteiger partial charge in [0.2, 0.25) is 5.88 Å². The lowest BCUT2D eigenvalue weighted by Gasteiger charge is -2.19. The molecule has 33 heavy (non-hydrogen) atoms. The predicted molar refractivity (Wildman–Crippen MR) is 125 cm³/mol. The highest BCUT2D eigenvalue weighted by molar-refractivity contribution is 5.90. The van der Waals surface area contributed by atoms with Crippen molar-refractivity contribution in [3.8, 4) is 11.6 Å². The first-order valence-corrected chi connectivity index (χ1v) is 10.9. The fraction of sp³-hybridized carbons (Fsp3) is 0.346. The van der Waals surface area contributed by atoms with E-state index in [2.05, 4.69) is 5.10 Å². The van der Waals surface area contributed by atoms with Crippen LogP contribution in [0, 0.1) is 13.8 Å². The Morgan fingerprint density at radius 1 is 0.970 bits per heavy atom. The number of aryl methyl sites for hydroxylation is 1. The fourth-order valence-electron chi connectivity index (χ4n) is 3.13. The number of carbonyl (C=O) groups excluding carboxylic acids is 2. The first-order chi connectivity index (χ1) is 15.6. The molecular weight excluding hydrogens is 420 g/mol. The zero-order valence-corrected chi connectivity index (χ0v) is 20.0. The molecule has 3 rings (SSSR count). The van der Waals surface area contributed by atoms with Crippen molar-refractivity contribution in [2.24, 2.45) is 0 Å². The average molecular weight is 451 g/mol. The van der Waals surface area contributed by atoms with Gasteiger partial charge in [-0.25, -0.2) is 14.3 Å². The SMILES string of the molecule is CCOC(=O)c1cccc(-n2nc(C)c(C)c2OCc2ccc(C(=O)OC(C)(C)C)cc2)c1. The van der Waals surface area contributed by atoms with Gasteiger partial charge < -0.3 is 14.2 Å². The normalized spacial score (nSPS) is 11.2. The number of hydrogen-bond acceptors (Lipinski definition) is 6. The molecule has 0 N–H and O–H groups in total. The number of ether oxygens (including phenoxy) is 3. The number of hydrogen-bond donors (Lipinski definition) is 0. The summed E-state index contributed by atoms with van der Waals surface area (Å²) >= 11 is 0. The summed E-state index contributed by atoms with van der Waals surface area (Å²) in [6.07, 6.45) is 0. The highest BCUT2D eigenvalue weighted by atomic mass is 16.6. The third-order valence-corrected chi connectivity index (χ3v) is 4.87. The number of benzene rings is 2. The van der Waals surface area contributed by atoms with Crippen LogP contribution in [0.25, 0.3) is 5.69 Å². The molecule has 1 heterocycles. The number of aromatic nitrogens is 2. The minimum atomic E-state index is -0.544. The zero-order chi connectivity index (χ0) is 24.2. The van der Waals surface area contributed by atoms with Gasteiger partial charge in [-0.1, -0.05) is 18.2 Å². The minimum Gasteiger partial charge on any atom is -0.473 e. The third-order valence-electron chi connectivity index (χ3n) is 4.87. The quantitative estimate of drug-likeness (QED) is 0.460. The Kier molecular flexibility index (Phi) is 7.21. The Morgan fingerprint density at radius 2 is 1.67 bits per heavy atom. The van der Waals surface area contributed by atoms with Gasteiger partial charge in [0, 0.05) is 5.56 Å². The van der Waals surface area contributed by atoms with Crippen LogP contribution in [0.2, 0.25) is 0 Å². The van der Waals surface area contributed by atoms with Gasteiger partial charge in [0.25, 0.3) is 0 Å². The summed E-state index contributed by atoms with van der Waals surface area (Å²) in [6.45, 7) is 11.7. The molecule has 0 unspecified atom stereocenters. The summed E-state index contributed by atoms with van der Waals surface area (Å²) in [5, 5.41) is 4.59. The lowest BCUT2D eigenvalue weighted by molar-refractivity contribution is 0.00692. The molecule has 1 aromatic heterocycles. The van der Waals surface area contributed by atoms with Gasteiger partial charge in [0.05, 0.1) is 29.1 Å². The van der Waals surface area contributed by atoms with E-state index in [1.165, 1.54) is 0 Å². The largest absolute Gasteiger partial charge is 0.473 e. The van der Waals surface area contributed by atoms with Crippen molar-refractivity contribution in [1.82, 2.24) is 9.78 Å². The second-order valence-corrected chi connectivity index (χ2v) is 8.69. The number of rotatable bonds is 7. The van der Waals surface area contributed by atoms with Gasteiger partial charge in [-0.2, -0.15) is 5.10 Å². The highest BCUT2D eigenvalue weighted by Crippen LogP contribution is 2.27. The summed E-state index contributed by atoms with van der Waals surface area (Å²) in [7, 11) is 0. The Labute approximate surface area is 194 Å². The van der Waals surface area contributed by atoms with Crippen LogP contribution >= 0.6 is 0 Å². The van der Waals surface area contributed by atoms with Gasteiger partial charge in [0.1, 0.15) is 12.2 Å². The zero-order valence-electron chi connectivity index (χ0n) is 20.0. The van der Waals surface area contributed by atoms with E-state index in [0.29, 0.717) is 29.3 Å². The van der Waals surface area contributed by atoms with Crippen molar-refractivity contribution in [3.05, 3.63) is 76.5 Å². The molecule has 3 aromatic rings. The molecule has 0 saturated heterocycles. The predicted octanol–water partition coefficient (Wildman–Crippen LogP) is 5.20. The van der Waals surface area contributed by atoms with E-state index in [4.69, 9.17) is 14.2 Å². The van der Waals surface area contributed by atoms with Gasteiger partial charge >= 0.3 is 11.9 Å². The Hall–Kier alpha value is -3.61. The monoisotopic (exact) mass is 450 g/mol. The molecule has 0 radical (unpaired) electrons. The molecule has 0 spiro atoms. The van der Waals surface area contributed by atoms with E-state index in [-0.39, 0.29) is 18.5 Å². The lowest BCUT2D eigenvalue weighted by Crippen LogP contribution is -2.23. The lowest BCUT2D eigenvalue weighted by atomic mass is 10.1. The molecule has 0 saturated carbocycles. The van der Waals surface area contributed by atoms with Crippen molar-refractivity contribution >= 4 is 11.9 Å². The second kappa shape index (κ2) is 9.90. The Balaban J connectivity index is 1.79. The number of esters is 2. The smallest absolute Gasteiger partial charge is 0.338 e. The second-order valence-electron chi connectivity index (χ2n) is 8.69. The molecule has 7 nitrogen and oxygen atoms in total. The van der Waals surface area contributed by atoms with Crippen molar-refractivity contribution in [2.45, 2.75) is 53.8 Å². The summed E-state index contributed by atoms with van der Waals surface area (Å²) in [6, 6.07) is 14.2.